The molecule has 0 heterocycles. The highest BCUT2D eigenvalue weighted by Gasteiger charge is 2.60. The maximum absolute atomic E-state index is 12.4. The molecule has 8 atom stereocenters. The van der Waals surface area contributed by atoms with Crippen LogP contribution in [0.4, 0.5) is 4.79 Å². The van der Waals surface area contributed by atoms with Gasteiger partial charge in [-0.1, -0.05) is 25.9 Å². The minimum atomic E-state index is -0.374. The topological polar surface area (TPSA) is 74.2 Å². The Hall–Kier alpha value is -1.14. The van der Waals surface area contributed by atoms with E-state index in [1.807, 2.05) is 0 Å². The number of aliphatic hydroxyl groups excluding tert-OH is 1. The van der Waals surface area contributed by atoms with Crippen LogP contribution in [-0.4, -0.2) is 54.6 Å². The van der Waals surface area contributed by atoms with E-state index in [1.165, 1.54) is 38.5 Å². The largest absolute Gasteiger partial charge is 0.435 e. The highest BCUT2D eigenvalue weighted by molar-refractivity contribution is 5.85. The molecular formula is C27H47N3O3. The number of hydrogen-bond acceptors (Lipinski definition) is 5. The molecular weight excluding hydrogens is 414 g/mol. The number of likely N-dealkylation sites (N-methyl/N-ethyl adjacent to an activating group) is 2. The number of nitrogens with one attached hydrogen (secondary N) is 1. The summed E-state index contributed by atoms with van der Waals surface area (Å²) < 4.78 is 0. The number of amides is 1. The monoisotopic (exact) mass is 461 g/mol. The van der Waals surface area contributed by atoms with Crippen LogP contribution < -0.4 is 5.32 Å². The predicted octanol–water partition coefficient (Wildman–Crippen LogP) is 5.06. The van der Waals surface area contributed by atoms with Crippen LogP contribution >= 0.6 is 0 Å². The lowest BCUT2D eigenvalue weighted by atomic mass is 9.44. The van der Waals surface area contributed by atoms with Gasteiger partial charge in [0, 0.05) is 26.1 Å². The second-order valence-electron chi connectivity index (χ2n) is 12.1. The van der Waals surface area contributed by atoms with Crippen molar-refractivity contribution in [1.82, 2.24) is 10.2 Å². The number of aliphatic hydroxyl groups is 1. The Bertz CT molecular complexity index is 742. The van der Waals surface area contributed by atoms with Crippen molar-refractivity contribution in [3.05, 3.63) is 0 Å². The van der Waals surface area contributed by atoms with E-state index in [0.29, 0.717) is 23.8 Å². The van der Waals surface area contributed by atoms with Gasteiger partial charge in [0.05, 0.1) is 11.8 Å². The zero-order valence-electron chi connectivity index (χ0n) is 21.6. The van der Waals surface area contributed by atoms with Crippen molar-refractivity contribution in [2.75, 3.05) is 26.7 Å². The molecule has 0 unspecified atom stereocenters. The Kier molecular flexibility index (Phi) is 7.45. The van der Waals surface area contributed by atoms with E-state index in [-0.39, 0.29) is 17.6 Å². The zero-order chi connectivity index (χ0) is 23.8. The maximum atomic E-state index is 12.4. The van der Waals surface area contributed by atoms with Crippen LogP contribution in [0.15, 0.2) is 5.16 Å². The van der Waals surface area contributed by atoms with Gasteiger partial charge in [0.15, 0.2) is 0 Å². The molecule has 4 rings (SSSR count). The van der Waals surface area contributed by atoms with E-state index in [2.05, 4.69) is 38.2 Å². The van der Waals surface area contributed by atoms with Crippen LogP contribution in [0.3, 0.4) is 0 Å². The van der Waals surface area contributed by atoms with Crippen LogP contribution in [-0.2, 0) is 4.84 Å². The molecule has 6 heteroatoms. The normalized spacial score (nSPS) is 42.8. The molecule has 33 heavy (non-hydrogen) atoms. The van der Waals surface area contributed by atoms with Crippen LogP contribution in [0.2, 0.25) is 0 Å². The molecule has 0 aliphatic heterocycles. The molecule has 0 saturated heterocycles. The average Bonchev–Trinajstić information content (AvgIpc) is 3.15. The summed E-state index contributed by atoms with van der Waals surface area (Å²) in [4.78, 5) is 19.3. The van der Waals surface area contributed by atoms with Crippen LogP contribution in [0.25, 0.3) is 0 Å². The summed E-state index contributed by atoms with van der Waals surface area (Å²) in [6.45, 7) is 11.4. The van der Waals surface area contributed by atoms with Crippen molar-refractivity contribution in [3.63, 3.8) is 0 Å². The minimum absolute atomic E-state index is 0.0760. The molecule has 4 aliphatic rings. The van der Waals surface area contributed by atoms with Gasteiger partial charge < -0.3 is 15.3 Å². The Morgan fingerprint density at radius 2 is 1.82 bits per heavy atom. The first-order valence-corrected chi connectivity index (χ1v) is 13.6. The molecule has 2 N–H and O–H groups in total. The first-order valence-electron chi connectivity index (χ1n) is 13.6. The minimum Gasteiger partial charge on any atom is -0.393 e. The number of fused-ring (bicyclic) bond motifs is 5. The van der Waals surface area contributed by atoms with Crippen molar-refractivity contribution < 1.29 is 14.7 Å². The molecule has 0 aromatic carbocycles. The molecule has 1 amide bonds. The van der Waals surface area contributed by atoms with Gasteiger partial charge in [-0.15, -0.1) is 0 Å². The number of hydrogen-bond donors (Lipinski definition) is 2. The summed E-state index contributed by atoms with van der Waals surface area (Å²) in [7, 11) is 1.76. The number of nitrogens with zero attached hydrogens (tertiary/aromatic N) is 2. The summed E-state index contributed by atoms with van der Waals surface area (Å²) in [6.07, 6.45) is 10.4. The molecule has 0 aromatic rings. The van der Waals surface area contributed by atoms with Crippen molar-refractivity contribution in [2.45, 2.75) is 91.6 Å². The molecule has 0 aromatic heterocycles. The molecule has 0 bridgehead atoms. The number of carbonyl (C=O) groups is 1. The lowest BCUT2D eigenvalue weighted by Gasteiger charge is -2.61. The third-order valence-corrected chi connectivity index (χ3v) is 10.6. The average molecular weight is 462 g/mol. The summed E-state index contributed by atoms with van der Waals surface area (Å²) >= 11 is 0. The van der Waals surface area contributed by atoms with Gasteiger partial charge in [0.1, 0.15) is 0 Å². The summed E-state index contributed by atoms with van der Waals surface area (Å²) in [5.74, 6) is 3.46. The first-order chi connectivity index (χ1) is 15.7. The van der Waals surface area contributed by atoms with Crippen LogP contribution in [0, 0.1) is 40.4 Å². The fourth-order valence-corrected chi connectivity index (χ4v) is 8.68. The van der Waals surface area contributed by atoms with Gasteiger partial charge in [-0.2, -0.15) is 0 Å². The number of oxime groups is 1. The van der Waals surface area contributed by atoms with Crippen molar-refractivity contribution in [3.8, 4) is 0 Å². The number of carbonyl (C=O) groups excluding carboxylic acids is 1. The highest BCUT2D eigenvalue weighted by Crippen LogP contribution is 2.67. The highest BCUT2D eigenvalue weighted by atomic mass is 16.7. The molecule has 188 valence electrons. The number of rotatable bonds is 6. The lowest BCUT2D eigenvalue weighted by molar-refractivity contribution is -0.123. The third-order valence-electron chi connectivity index (χ3n) is 10.6. The molecule has 4 saturated carbocycles. The van der Waals surface area contributed by atoms with E-state index >= 15 is 0 Å². The van der Waals surface area contributed by atoms with Crippen LogP contribution in [0.5, 0.6) is 0 Å². The summed E-state index contributed by atoms with van der Waals surface area (Å²) in [5.41, 5.74) is 1.67. The Labute approximate surface area is 200 Å². The van der Waals surface area contributed by atoms with E-state index in [4.69, 9.17) is 4.84 Å². The summed E-state index contributed by atoms with van der Waals surface area (Å²) in [6, 6.07) is 0. The van der Waals surface area contributed by atoms with E-state index in [1.54, 1.807) is 11.9 Å². The second-order valence-corrected chi connectivity index (χ2v) is 12.1. The smallest absolute Gasteiger partial charge is 0.393 e. The molecule has 4 aliphatic carbocycles. The van der Waals surface area contributed by atoms with E-state index in [9.17, 15) is 9.90 Å². The molecule has 6 nitrogen and oxygen atoms in total. The van der Waals surface area contributed by atoms with Crippen molar-refractivity contribution in [1.29, 1.82) is 0 Å². The second kappa shape index (κ2) is 9.85. The quantitative estimate of drug-likeness (QED) is 0.251. The molecule has 4 fully saturated rings. The Morgan fingerprint density at radius 1 is 1.09 bits per heavy atom. The third kappa shape index (κ3) is 4.59. The molecule has 0 spiro atoms. The van der Waals surface area contributed by atoms with Gasteiger partial charge >= 0.3 is 6.09 Å². The SMILES string of the molecule is CCNCCN(C)C(=O)O/N=C(\C)[C@H]1CC[C@H]2[C@@H]3CC[C@H]4C[C@@H](O)CC[C@]4(C)[C@H]3CC[C@]12C. The predicted molar refractivity (Wildman–Crippen MR) is 132 cm³/mol. The standard InChI is InChI=1S/C27H47N3O3/c1-6-28-15-16-30(5)25(32)33-29-18(2)22-9-10-23-21-8-7-19-17-20(31)11-13-26(19,3)24(21)12-14-27(22,23)4/h19-24,28,31H,6-17H2,1-5H3/b29-18+/t19-,20-,21-,22+,23-,24-,26-,27+/m0/s1. The van der Waals surface area contributed by atoms with Crippen molar-refractivity contribution >= 4 is 11.8 Å². The van der Waals surface area contributed by atoms with Gasteiger partial charge in [-0.25, -0.2) is 4.79 Å². The van der Waals surface area contributed by atoms with Crippen LogP contribution in [0.1, 0.15) is 85.5 Å². The van der Waals surface area contributed by atoms with E-state index < -0.39 is 0 Å². The lowest BCUT2D eigenvalue weighted by Crippen LogP contribution is -2.54. The van der Waals surface area contributed by atoms with Gasteiger partial charge in [-0.05, 0) is 106 Å². The van der Waals surface area contributed by atoms with Gasteiger partial charge in [-0.3, -0.25) is 4.84 Å². The first kappa shape index (κ1) is 25.0. The van der Waals surface area contributed by atoms with Crippen molar-refractivity contribution in [2.24, 2.45) is 45.6 Å². The zero-order valence-corrected chi connectivity index (χ0v) is 21.6. The maximum Gasteiger partial charge on any atom is 0.435 e. The van der Waals surface area contributed by atoms with Gasteiger partial charge in [0.25, 0.3) is 0 Å². The fraction of sp³-hybridized carbons (Fsp3) is 0.926. The molecule has 0 radical (unpaired) electrons. The Morgan fingerprint density at radius 3 is 2.58 bits per heavy atom. The fourth-order valence-electron chi connectivity index (χ4n) is 8.68. The van der Waals surface area contributed by atoms with Gasteiger partial charge in [0.2, 0.25) is 0 Å². The summed E-state index contributed by atoms with van der Waals surface area (Å²) in [5, 5.41) is 17.9. The van der Waals surface area contributed by atoms with E-state index in [0.717, 1.165) is 55.8 Å². The Balaban J connectivity index is 1.41.